The van der Waals surface area contributed by atoms with Crippen molar-refractivity contribution in [2.45, 2.75) is 65.5 Å². The molecule has 1 aliphatic heterocycles. The molecule has 0 radical (unpaired) electrons. The van der Waals surface area contributed by atoms with Crippen molar-refractivity contribution in [2.24, 2.45) is 0 Å². The van der Waals surface area contributed by atoms with E-state index in [1.54, 1.807) is 0 Å². The summed E-state index contributed by atoms with van der Waals surface area (Å²) in [5, 5.41) is 0. The van der Waals surface area contributed by atoms with E-state index in [-0.39, 0.29) is 0 Å². The standard InChI is InChI=1S/C27H37N5/c1-4-25-29-26-20(2)18-21(3)28-27(26)32(25)19-23-9-7-22(8-10-23)6-5-13-30-14-16-31(17-15-30)24-11-12-24/h7-10,18,24H,4-6,11-17,19H2,1-3H3. The number of fused-ring (bicyclic) bond motifs is 1. The van der Waals surface area contributed by atoms with Crippen LogP contribution in [-0.2, 0) is 19.4 Å². The normalized spacial score (nSPS) is 18.0. The summed E-state index contributed by atoms with van der Waals surface area (Å²) in [6.45, 7) is 13.5. The van der Waals surface area contributed by atoms with E-state index in [2.05, 4.69) is 65.5 Å². The van der Waals surface area contributed by atoms with Crippen LogP contribution < -0.4 is 0 Å². The largest absolute Gasteiger partial charge is 0.308 e. The smallest absolute Gasteiger partial charge is 0.160 e. The molecule has 5 nitrogen and oxygen atoms in total. The van der Waals surface area contributed by atoms with Gasteiger partial charge >= 0.3 is 0 Å². The van der Waals surface area contributed by atoms with Gasteiger partial charge in [0, 0.05) is 44.3 Å². The van der Waals surface area contributed by atoms with Crippen LogP contribution in [0.25, 0.3) is 11.2 Å². The number of benzene rings is 1. The van der Waals surface area contributed by atoms with Crippen molar-refractivity contribution in [1.82, 2.24) is 24.3 Å². The van der Waals surface area contributed by atoms with Gasteiger partial charge in [-0.25, -0.2) is 9.97 Å². The highest BCUT2D eigenvalue weighted by Gasteiger charge is 2.30. The fraction of sp³-hybridized carbons (Fsp3) is 0.556. The van der Waals surface area contributed by atoms with Gasteiger partial charge in [-0.1, -0.05) is 31.2 Å². The quantitative estimate of drug-likeness (QED) is 0.531. The van der Waals surface area contributed by atoms with Crippen molar-refractivity contribution in [1.29, 1.82) is 0 Å². The first-order valence-corrected chi connectivity index (χ1v) is 12.5. The summed E-state index contributed by atoms with van der Waals surface area (Å²) < 4.78 is 2.30. The lowest BCUT2D eigenvalue weighted by Gasteiger charge is -2.34. The zero-order valence-electron chi connectivity index (χ0n) is 20.0. The van der Waals surface area contributed by atoms with Crippen LogP contribution in [0.15, 0.2) is 30.3 Å². The van der Waals surface area contributed by atoms with Crippen LogP contribution in [0.5, 0.6) is 0 Å². The number of hydrogen-bond donors (Lipinski definition) is 0. The van der Waals surface area contributed by atoms with Crippen LogP contribution in [-0.4, -0.2) is 63.1 Å². The van der Waals surface area contributed by atoms with Crippen molar-refractivity contribution in [2.75, 3.05) is 32.7 Å². The average molecular weight is 432 g/mol. The first-order valence-electron chi connectivity index (χ1n) is 12.5. The Labute approximate surface area is 192 Å². The van der Waals surface area contributed by atoms with Crippen molar-refractivity contribution < 1.29 is 0 Å². The average Bonchev–Trinajstić information content (AvgIpc) is 3.59. The third kappa shape index (κ3) is 4.74. The molecule has 0 unspecified atom stereocenters. The lowest BCUT2D eigenvalue weighted by molar-refractivity contribution is 0.126. The highest BCUT2D eigenvalue weighted by molar-refractivity contribution is 5.76. The molecule has 32 heavy (non-hydrogen) atoms. The summed E-state index contributed by atoms with van der Waals surface area (Å²) >= 11 is 0. The molecule has 1 aromatic carbocycles. The SMILES string of the molecule is CCc1nc2c(C)cc(C)nc2n1Cc1ccc(CCCN2CCN(C3CC3)CC2)cc1. The Morgan fingerprint density at radius 1 is 0.938 bits per heavy atom. The van der Waals surface area contributed by atoms with Gasteiger partial charge in [0.2, 0.25) is 0 Å². The molecular weight excluding hydrogens is 394 g/mol. The molecule has 5 heteroatoms. The maximum absolute atomic E-state index is 4.88. The zero-order valence-corrected chi connectivity index (χ0v) is 20.0. The van der Waals surface area contributed by atoms with Crippen LogP contribution in [0, 0.1) is 13.8 Å². The third-order valence-corrected chi connectivity index (χ3v) is 7.19. The van der Waals surface area contributed by atoms with Crippen molar-refractivity contribution in [3.05, 3.63) is 58.5 Å². The van der Waals surface area contributed by atoms with Crippen LogP contribution in [0.2, 0.25) is 0 Å². The van der Waals surface area contributed by atoms with E-state index in [1.807, 2.05) is 0 Å². The van der Waals surface area contributed by atoms with Crippen LogP contribution in [0.4, 0.5) is 0 Å². The molecule has 0 amide bonds. The van der Waals surface area contributed by atoms with Gasteiger partial charge in [-0.2, -0.15) is 0 Å². The molecule has 3 heterocycles. The van der Waals surface area contributed by atoms with E-state index in [9.17, 15) is 0 Å². The highest BCUT2D eigenvalue weighted by atomic mass is 15.3. The van der Waals surface area contributed by atoms with Crippen LogP contribution in [0.1, 0.15) is 54.4 Å². The molecule has 1 saturated carbocycles. The summed E-state index contributed by atoms with van der Waals surface area (Å²) in [6.07, 6.45) is 6.20. The van der Waals surface area contributed by atoms with Gasteiger partial charge in [-0.05, 0) is 68.8 Å². The van der Waals surface area contributed by atoms with E-state index in [0.29, 0.717) is 0 Å². The first kappa shape index (κ1) is 21.6. The van der Waals surface area contributed by atoms with Gasteiger partial charge in [-0.15, -0.1) is 0 Å². The molecule has 0 atom stereocenters. The molecule has 1 aliphatic carbocycles. The minimum Gasteiger partial charge on any atom is -0.308 e. The Kier molecular flexibility index (Phi) is 6.29. The summed E-state index contributed by atoms with van der Waals surface area (Å²) in [6, 6.07) is 12.3. The molecule has 5 rings (SSSR count). The number of rotatable bonds is 8. The second-order valence-corrected chi connectivity index (χ2v) is 9.75. The number of aromatic nitrogens is 3. The Balaban J connectivity index is 1.17. The number of hydrogen-bond acceptors (Lipinski definition) is 4. The maximum atomic E-state index is 4.88. The first-order chi connectivity index (χ1) is 15.6. The molecule has 2 aliphatic rings. The number of nitrogens with zero attached hydrogens (tertiary/aromatic N) is 5. The lowest BCUT2D eigenvalue weighted by Crippen LogP contribution is -2.47. The monoisotopic (exact) mass is 431 g/mol. The van der Waals surface area contributed by atoms with Gasteiger partial charge < -0.3 is 9.47 Å². The minimum absolute atomic E-state index is 0.834. The fourth-order valence-electron chi connectivity index (χ4n) is 5.18. The van der Waals surface area contributed by atoms with Gasteiger partial charge in [0.15, 0.2) is 5.65 Å². The molecule has 1 saturated heterocycles. The molecule has 0 spiro atoms. The fourth-order valence-corrected chi connectivity index (χ4v) is 5.18. The zero-order chi connectivity index (χ0) is 22.1. The molecule has 2 aromatic heterocycles. The molecular formula is C27H37N5. The van der Waals surface area contributed by atoms with Crippen molar-refractivity contribution >= 4 is 11.2 Å². The second kappa shape index (κ2) is 9.32. The predicted molar refractivity (Wildman–Crippen MR) is 131 cm³/mol. The lowest BCUT2D eigenvalue weighted by atomic mass is 10.1. The topological polar surface area (TPSA) is 37.2 Å². The Morgan fingerprint density at radius 3 is 2.34 bits per heavy atom. The Hall–Kier alpha value is -2.24. The van der Waals surface area contributed by atoms with Crippen molar-refractivity contribution in [3.8, 4) is 0 Å². The van der Waals surface area contributed by atoms with Gasteiger partial charge in [-0.3, -0.25) is 4.90 Å². The van der Waals surface area contributed by atoms with Crippen LogP contribution in [0.3, 0.4) is 0 Å². The van der Waals surface area contributed by atoms with Gasteiger partial charge in [0.25, 0.3) is 0 Å². The highest BCUT2D eigenvalue weighted by Crippen LogP contribution is 2.27. The third-order valence-electron chi connectivity index (χ3n) is 7.19. The van der Waals surface area contributed by atoms with Gasteiger partial charge in [0.1, 0.15) is 11.3 Å². The summed E-state index contributed by atoms with van der Waals surface area (Å²) in [4.78, 5) is 15.0. The van der Waals surface area contributed by atoms with E-state index >= 15 is 0 Å². The number of piperazine rings is 1. The van der Waals surface area contributed by atoms with E-state index in [1.165, 1.54) is 68.7 Å². The molecule has 0 bridgehead atoms. The van der Waals surface area contributed by atoms with E-state index < -0.39 is 0 Å². The predicted octanol–water partition coefficient (Wildman–Crippen LogP) is 4.37. The van der Waals surface area contributed by atoms with E-state index in [4.69, 9.17) is 9.97 Å². The molecule has 170 valence electrons. The molecule has 0 N–H and O–H groups in total. The maximum Gasteiger partial charge on any atom is 0.160 e. The summed E-state index contributed by atoms with van der Waals surface area (Å²) in [5.74, 6) is 1.12. The molecule has 3 aromatic rings. The minimum atomic E-state index is 0.834. The van der Waals surface area contributed by atoms with Gasteiger partial charge in [0.05, 0.1) is 6.54 Å². The molecule has 2 fully saturated rings. The Morgan fingerprint density at radius 2 is 1.66 bits per heavy atom. The Bertz CT molecular complexity index is 1060. The second-order valence-electron chi connectivity index (χ2n) is 9.75. The summed E-state index contributed by atoms with van der Waals surface area (Å²) in [5.41, 5.74) is 7.10. The number of imidazole rings is 1. The van der Waals surface area contributed by atoms with Crippen molar-refractivity contribution in [3.63, 3.8) is 0 Å². The number of pyridine rings is 1. The summed E-state index contributed by atoms with van der Waals surface area (Å²) in [7, 11) is 0. The number of aryl methyl sites for hydroxylation is 4. The van der Waals surface area contributed by atoms with E-state index in [0.717, 1.165) is 48.1 Å². The van der Waals surface area contributed by atoms with Crippen LogP contribution >= 0.6 is 0 Å².